The van der Waals surface area contributed by atoms with Crippen LogP contribution in [0.3, 0.4) is 0 Å². The van der Waals surface area contributed by atoms with E-state index in [2.05, 4.69) is 10.9 Å². The van der Waals surface area contributed by atoms with E-state index < -0.39 is 6.04 Å². The van der Waals surface area contributed by atoms with E-state index >= 15 is 0 Å². The fourth-order valence-corrected chi connectivity index (χ4v) is 1.20. The number of hydrogen-bond donors (Lipinski definition) is 3. The average molecular weight is 216 g/mol. The SMILES string of the molecule is CC[C@H](C)C(NN[C@H](C=O)CO)C(C)=O. The Labute approximate surface area is 90.2 Å². The number of rotatable bonds is 8. The van der Waals surface area contributed by atoms with E-state index in [1.165, 1.54) is 6.92 Å². The summed E-state index contributed by atoms with van der Waals surface area (Å²) >= 11 is 0. The van der Waals surface area contributed by atoms with Crippen molar-refractivity contribution in [3.8, 4) is 0 Å². The van der Waals surface area contributed by atoms with E-state index in [0.717, 1.165) is 6.42 Å². The summed E-state index contributed by atoms with van der Waals surface area (Å²) in [5, 5.41) is 8.75. The van der Waals surface area contributed by atoms with Crippen LogP contribution >= 0.6 is 0 Å². The zero-order valence-corrected chi connectivity index (χ0v) is 9.49. The molecule has 3 N–H and O–H groups in total. The second-order valence-electron chi connectivity index (χ2n) is 3.69. The van der Waals surface area contributed by atoms with E-state index in [4.69, 9.17) is 5.11 Å². The van der Waals surface area contributed by atoms with Crippen LogP contribution in [0.5, 0.6) is 0 Å². The Morgan fingerprint density at radius 3 is 2.40 bits per heavy atom. The molecular formula is C10H20N2O3. The summed E-state index contributed by atoms with van der Waals surface area (Å²) in [6.45, 7) is 5.16. The van der Waals surface area contributed by atoms with E-state index in [-0.39, 0.29) is 24.3 Å². The van der Waals surface area contributed by atoms with Crippen molar-refractivity contribution < 1.29 is 14.7 Å². The highest BCUT2D eigenvalue weighted by Gasteiger charge is 2.20. The summed E-state index contributed by atoms with van der Waals surface area (Å²) < 4.78 is 0. The van der Waals surface area contributed by atoms with Crippen LogP contribution in [-0.4, -0.2) is 35.9 Å². The highest BCUT2D eigenvalue weighted by Crippen LogP contribution is 2.07. The number of aldehydes is 1. The van der Waals surface area contributed by atoms with Crippen molar-refractivity contribution in [2.75, 3.05) is 6.61 Å². The summed E-state index contributed by atoms with van der Waals surface area (Å²) in [4.78, 5) is 21.7. The van der Waals surface area contributed by atoms with E-state index in [0.29, 0.717) is 6.29 Å². The first-order valence-corrected chi connectivity index (χ1v) is 5.14. The number of aliphatic hydroxyl groups excluding tert-OH is 1. The first kappa shape index (κ1) is 14.2. The van der Waals surface area contributed by atoms with Crippen LogP contribution in [0.4, 0.5) is 0 Å². The Balaban J connectivity index is 4.17. The van der Waals surface area contributed by atoms with Gasteiger partial charge < -0.3 is 9.90 Å². The van der Waals surface area contributed by atoms with Crippen molar-refractivity contribution in [3.05, 3.63) is 0 Å². The molecule has 1 unspecified atom stereocenters. The van der Waals surface area contributed by atoms with Gasteiger partial charge in [0.25, 0.3) is 0 Å². The topological polar surface area (TPSA) is 78.4 Å². The van der Waals surface area contributed by atoms with Crippen molar-refractivity contribution in [2.24, 2.45) is 5.92 Å². The third kappa shape index (κ3) is 5.01. The van der Waals surface area contributed by atoms with E-state index in [9.17, 15) is 9.59 Å². The molecule has 0 aliphatic rings. The summed E-state index contributed by atoms with van der Waals surface area (Å²) in [5.74, 6) is 0.195. The predicted molar refractivity (Wildman–Crippen MR) is 57.1 cm³/mol. The molecule has 0 amide bonds. The van der Waals surface area contributed by atoms with Gasteiger partial charge in [0.1, 0.15) is 12.1 Å². The third-order valence-electron chi connectivity index (χ3n) is 2.44. The quantitative estimate of drug-likeness (QED) is 0.381. The largest absolute Gasteiger partial charge is 0.394 e. The summed E-state index contributed by atoms with van der Waals surface area (Å²) in [7, 11) is 0. The summed E-state index contributed by atoms with van der Waals surface area (Å²) in [5.41, 5.74) is 5.41. The van der Waals surface area contributed by atoms with Crippen LogP contribution in [-0.2, 0) is 9.59 Å². The number of hydrazine groups is 1. The molecule has 0 aliphatic carbocycles. The number of hydrogen-bond acceptors (Lipinski definition) is 5. The minimum absolute atomic E-state index is 0.0134. The molecule has 0 heterocycles. The zero-order chi connectivity index (χ0) is 11.8. The van der Waals surface area contributed by atoms with E-state index in [1.54, 1.807) is 0 Å². The number of ketones is 1. The molecule has 0 aromatic heterocycles. The summed E-state index contributed by atoms with van der Waals surface area (Å²) in [6.07, 6.45) is 1.46. The van der Waals surface area contributed by atoms with Crippen molar-refractivity contribution in [3.63, 3.8) is 0 Å². The molecule has 3 atom stereocenters. The second-order valence-corrected chi connectivity index (χ2v) is 3.69. The molecule has 0 aliphatic heterocycles. The highest BCUT2D eigenvalue weighted by atomic mass is 16.3. The third-order valence-corrected chi connectivity index (χ3v) is 2.44. The van der Waals surface area contributed by atoms with Crippen LogP contribution in [0.15, 0.2) is 0 Å². The van der Waals surface area contributed by atoms with Crippen molar-refractivity contribution in [1.82, 2.24) is 10.9 Å². The molecule has 0 spiro atoms. The van der Waals surface area contributed by atoms with Crippen LogP contribution in [0.2, 0.25) is 0 Å². The van der Waals surface area contributed by atoms with Crippen LogP contribution in [0.1, 0.15) is 27.2 Å². The molecule has 15 heavy (non-hydrogen) atoms. The molecular weight excluding hydrogens is 196 g/mol. The molecule has 88 valence electrons. The van der Waals surface area contributed by atoms with Crippen molar-refractivity contribution in [2.45, 2.75) is 39.3 Å². The van der Waals surface area contributed by atoms with Crippen molar-refractivity contribution in [1.29, 1.82) is 0 Å². The zero-order valence-electron chi connectivity index (χ0n) is 9.49. The second kappa shape index (κ2) is 7.50. The lowest BCUT2D eigenvalue weighted by Crippen LogP contribution is -2.53. The lowest BCUT2D eigenvalue weighted by Gasteiger charge is -2.23. The Morgan fingerprint density at radius 1 is 1.47 bits per heavy atom. The smallest absolute Gasteiger partial charge is 0.148 e. The van der Waals surface area contributed by atoms with Crippen LogP contribution in [0, 0.1) is 5.92 Å². The lowest BCUT2D eigenvalue weighted by molar-refractivity contribution is -0.121. The molecule has 0 aromatic rings. The minimum Gasteiger partial charge on any atom is -0.394 e. The van der Waals surface area contributed by atoms with Gasteiger partial charge in [-0.1, -0.05) is 20.3 Å². The molecule has 0 aromatic carbocycles. The van der Waals surface area contributed by atoms with Crippen molar-refractivity contribution >= 4 is 12.1 Å². The molecule has 0 saturated heterocycles. The average Bonchev–Trinajstić information content (AvgIpc) is 2.23. The predicted octanol–water partition coefficient (Wildman–Crippen LogP) is -0.356. The number of Topliss-reactive ketones (excluding diaryl/α,β-unsaturated/α-hetero) is 1. The normalized spacial score (nSPS) is 16.8. The lowest BCUT2D eigenvalue weighted by atomic mass is 9.97. The monoisotopic (exact) mass is 216 g/mol. The van der Waals surface area contributed by atoms with Crippen LogP contribution < -0.4 is 10.9 Å². The Morgan fingerprint density at radius 2 is 2.07 bits per heavy atom. The van der Waals surface area contributed by atoms with E-state index in [1.807, 2.05) is 13.8 Å². The van der Waals surface area contributed by atoms with Gasteiger partial charge in [-0.3, -0.25) is 4.79 Å². The number of carbonyl (C=O) groups is 2. The first-order valence-electron chi connectivity index (χ1n) is 5.14. The van der Waals surface area contributed by atoms with Gasteiger partial charge in [-0.05, 0) is 12.8 Å². The maximum Gasteiger partial charge on any atom is 0.148 e. The standard InChI is InChI=1S/C10H20N2O3/c1-4-7(2)10(8(3)15)12-11-9(5-13)6-14/h5,7,9-12,14H,4,6H2,1-3H3/t7-,9+,10?/m0/s1. The number of carbonyl (C=O) groups excluding carboxylic acids is 2. The molecule has 0 bridgehead atoms. The molecule has 0 fully saturated rings. The van der Waals surface area contributed by atoms with Gasteiger partial charge >= 0.3 is 0 Å². The maximum atomic E-state index is 11.3. The van der Waals surface area contributed by atoms with Crippen LogP contribution in [0.25, 0.3) is 0 Å². The minimum atomic E-state index is -0.670. The summed E-state index contributed by atoms with van der Waals surface area (Å²) in [6, 6.07) is -1.00. The molecule has 5 nitrogen and oxygen atoms in total. The Hall–Kier alpha value is -0.780. The molecule has 0 rings (SSSR count). The van der Waals surface area contributed by atoms with Gasteiger partial charge in [-0.2, -0.15) is 0 Å². The molecule has 0 saturated carbocycles. The fraction of sp³-hybridized carbons (Fsp3) is 0.800. The maximum absolute atomic E-state index is 11.3. The first-order chi connectivity index (χ1) is 7.06. The highest BCUT2D eigenvalue weighted by molar-refractivity contribution is 5.81. The van der Waals surface area contributed by atoms with Gasteiger partial charge in [0.05, 0.1) is 18.7 Å². The van der Waals surface area contributed by atoms with Gasteiger partial charge in [0, 0.05) is 0 Å². The number of aliphatic hydroxyl groups is 1. The Kier molecular flexibility index (Phi) is 7.11. The van der Waals surface area contributed by atoms with Gasteiger partial charge in [0.2, 0.25) is 0 Å². The number of nitrogens with one attached hydrogen (secondary N) is 2. The van der Waals surface area contributed by atoms with Gasteiger partial charge in [-0.25, -0.2) is 10.9 Å². The Bertz CT molecular complexity index is 209. The molecule has 5 heteroatoms. The van der Waals surface area contributed by atoms with Gasteiger partial charge in [-0.15, -0.1) is 0 Å². The fourth-order valence-electron chi connectivity index (χ4n) is 1.20. The molecule has 0 radical (unpaired) electrons. The van der Waals surface area contributed by atoms with Gasteiger partial charge in [0.15, 0.2) is 0 Å².